The summed E-state index contributed by atoms with van der Waals surface area (Å²) in [5.41, 5.74) is 1.94. The van der Waals surface area contributed by atoms with Gasteiger partial charge in [-0.3, -0.25) is 0 Å². The topological polar surface area (TPSA) is 12.0 Å². The Bertz CT molecular complexity index is 377. The van der Waals surface area contributed by atoms with Crippen LogP contribution in [0, 0.1) is 12.7 Å². The van der Waals surface area contributed by atoms with Gasteiger partial charge in [0.15, 0.2) is 0 Å². The molecule has 0 unspecified atom stereocenters. The van der Waals surface area contributed by atoms with Crippen LogP contribution in [0.5, 0.6) is 0 Å². The number of aryl methyl sites for hydroxylation is 1. The van der Waals surface area contributed by atoms with E-state index < -0.39 is 0 Å². The molecule has 94 valence electrons. The Labute approximate surface area is 111 Å². The molecule has 1 N–H and O–H groups in total. The van der Waals surface area contributed by atoms with Crippen LogP contribution in [0.4, 0.5) is 10.1 Å². The Morgan fingerprint density at radius 2 is 2.12 bits per heavy atom. The third-order valence-electron chi connectivity index (χ3n) is 2.67. The molecular weight excluding hydrogens is 281 g/mol. The fourth-order valence-electron chi connectivity index (χ4n) is 1.65. The standard InChI is InChI=1S/C14H19BrFN/c1-3-4-5-6-7-8-17-14-10-12(15)13(16)9-11(14)2/h3,9-10,17H,1,4-8H2,2H3. The van der Waals surface area contributed by atoms with Gasteiger partial charge < -0.3 is 5.32 Å². The van der Waals surface area contributed by atoms with Gasteiger partial charge in [-0.05, 0) is 59.8 Å². The van der Waals surface area contributed by atoms with E-state index in [4.69, 9.17) is 0 Å². The molecule has 0 spiro atoms. The highest BCUT2D eigenvalue weighted by molar-refractivity contribution is 9.10. The Morgan fingerprint density at radius 3 is 2.82 bits per heavy atom. The maximum Gasteiger partial charge on any atom is 0.137 e. The van der Waals surface area contributed by atoms with Gasteiger partial charge in [0.05, 0.1) is 4.47 Å². The molecule has 0 aliphatic carbocycles. The van der Waals surface area contributed by atoms with Crippen LogP contribution in [0.25, 0.3) is 0 Å². The molecular formula is C14H19BrFN. The van der Waals surface area contributed by atoms with Crippen molar-refractivity contribution in [3.63, 3.8) is 0 Å². The first-order valence-corrected chi connectivity index (χ1v) is 6.75. The molecule has 3 heteroatoms. The molecule has 0 heterocycles. The van der Waals surface area contributed by atoms with Crippen molar-refractivity contribution in [2.45, 2.75) is 32.6 Å². The fraction of sp³-hybridized carbons (Fsp3) is 0.429. The van der Waals surface area contributed by atoms with E-state index in [1.807, 2.05) is 13.0 Å². The minimum absolute atomic E-state index is 0.209. The van der Waals surface area contributed by atoms with E-state index in [1.54, 1.807) is 12.1 Å². The van der Waals surface area contributed by atoms with Gasteiger partial charge in [0.25, 0.3) is 0 Å². The molecule has 0 saturated heterocycles. The summed E-state index contributed by atoms with van der Waals surface area (Å²) >= 11 is 3.20. The molecule has 0 amide bonds. The van der Waals surface area contributed by atoms with Crippen molar-refractivity contribution in [1.82, 2.24) is 0 Å². The highest BCUT2D eigenvalue weighted by Gasteiger charge is 2.04. The third kappa shape index (κ3) is 4.90. The summed E-state index contributed by atoms with van der Waals surface area (Å²) in [7, 11) is 0. The molecule has 0 saturated carbocycles. The number of allylic oxidation sites excluding steroid dienone is 1. The number of hydrogen-bond acceptors (Lipinski definition) is 1. The van der Waals surface area contributed by atoms with Crippen LogP contribution in [0.15, 0.2) is 29.3 Å². The number of anilines is 1. The minimum Gasteiger partial charge on any atom is -0.385 e. The predicted molar refractivity (Wildman–Crippen MR) is 76.0 cm³/mol. The van der Waals surface area contributed by atoms with Crippen molar-refractivity contribution in [1.29, 1.82) is 0 Å². The highest BCUT2D eigenvalue weighted by Crippen LogP contribution is 2.24. The van der Waals surface area contributed by atoms with E-state index in [1.165, 1.54) is 12.8 Å². The summed E-state index contributed by atoms with van der Waals surface area (Å²) in [6, 6.07) is 3.35. The van der Waals surface area contributed by atoms with Crippen molar-refractivity contribution in [2.24, 2.45) is 0 Å². The number of hydrogen-bond donors (Lipinski definition) is 1. The molecule has 0 radical (unpaired) electrons. The van der Waals surface area contributed by atoms with E-state index in [0.29, 0.717) is 4.47 Å². The Hall–Kier alpha value is -0.830. The lowest BCUT2D eigenvalue weighted by Gasteiger charge is -2.10. The monoisotopic (exact) mass is 299 g/mol. The van der Waals surface area contributed by atoms with Gasteiger partial charge in [0.1, 0.15) is 5.82 Å². The van der Waals surface area contributed by atoms with Crippen LogP contribution in [0.2, 0.25) is 0 Å². The minimum atomic E-state index is -0.209. The Balaban J connectivity index is 2.36. The van der Waals surface area contributed by atoms with Crippen LogP contribution in [0.1, 0.15) is 31.2 Å². The molecule has 0 bridgehead atoms. The van der Waals surface area contributed by atoms with E-state index in [2.05, 4.69) is 27.8 Å². The second kappa shape index (κ2) is 7.49. The van der Waals surface area contributed by atoms with E-state index in [9.17, 15) is 4.39 Å². The SMILES string of the molecule is C=CCCCCCNc1cc(Br)c(F)cc1C. The highest BCUT2D eigenvalue weighted by atomic mass is 79.9. The lowest BCUT2D eigenvalue weighted by atomic mass is 10.1. The molecule has 0 aliphatic heterocycles. The summed E-state index contributed by atoms with van der Waals surface area (Å²) in [5.74, 6) is -0.209. The Morgan fingerprint density at radius 1 is 1.35 bits per heavy atom. The zero-order valence-corrected chi connectivity index (χ0v) is 11.8. The van der Waals surface area contributed by atoms with Crippen LogP contribution >= 0.6 is 15.9 Å². The number of benzene rings is 1. The molecule has 1 rings (SSSR count). The van der Waals surface area contributed by atoms with Crippen molar-refractivity contribution in [3.8, 4) is 0 Å². The maximum atomic E-state index is 13.2. The summed E-state index contributed by atoms with van der Waals surface area (Å²) < 4.78 is 13.7. The van der Waals surface area contributed by atoms with Crippen LogP contribution < -0.4 is 5.32 Å². The molecule has 0 aromatic heterocycles. The number of nitrogens with one attached hydrogen (secondary N) is 1. The summed E-state index contributed by atoms with van der Waals surface area (Å²) in [4.78, 5) is 0. The van der Waals surface area contributed by atoms with Crippen LogP contribution in [-0.2, 0) is 0 Å². The summed E-state index contributed by atoms with van der Waals surface area (Å²) in [6.45, 7) is 6.54. The molecule has 0 atom stereocenters. The molecule has 17 heavy (non-hydrogen) atoms. The van der Waals surface area contributed by atoms with Crippen molar-refractivity contribution in [2.75, 3.05) is 11.9 Å². The maximum absolute atomic E-state index is 13.2. The van der Waals surface area contributed by atoms with Crippen LogP contribution in [0.3, 0.4) is 0 Å². The fourth-order valence-corrected chi connectivity index (χ4v) is 1.99. The lowest BCUT2D eigenvalue weighted by molar-refractivity contribution is 0.620. The smallest absolute Gasteiger partial charge is 0.137 e. The first kappa shape index (κ1) is 14.2. The molecule has 0 fully saturated rings. The first-order valence-electron chi connectivity index (χ1n) is 5.95. The average molecular weight is 300 g/mol. The summed E-state index contributed by atoms with van der Waals surface area (Å²) in [6.07, 6.45) is 6.55. The second-order valence-corrected chi connectivity index (χ2v) is 5.00. The van der Waals surface area contributed by atoms with Gasteiger partial charge in [-0.15, -0.1) is 6.58 Å². The molecule has 1 aromatic rings. The largest absolute Gasteiger partial charge is 0.385 e. The normalized spacial score (nSPS) is 10.3. The predicted octanol–water partition coefficient (Wildman–Crippen LogP) is 5.05. The number of unbranched alkanes of at least 4 members (excludes halogenated alkanes) is 3. The number of halogens is 2. The van der Waals surface area contributed by atoms with Gasteiger partial charge in [-0.25, -0.2) is 4.39 Å². The summed E-state index contributed by atoms with van der Waals surface area (Å²) in [5, 5.41) is 3.34. The van der Waals surface area contributed by atoms with Crippen molar-refractivity contribution < 1.29 is 4.39 Å². The first-order chi connectivity index (χ1) is 8.15. The van der Waals surface area contributed by atoms with Gasteiger partial charge >= 0.3 is 0 Å². The zero-order chi connectivity index (χ0) is 12.7. The number of rotatable bonds is 7. The van der Waals surface area contributed by atoms with Crippen molar-refractivity contribution >= 4 is 21.6 Å². The van der Waals surface area contributed by atoms with Crippen molar-refractivity contribution in [3.05, 3.63) is 40.6 Å². The van der Waals surface area contributed by atoms with Gasteiger partial charge in [0, 0.05) is 12.2 Å². The zero-order valence-electron chi connectivity index (χ0n) is 10.2. The van der Waals surface area contributed by atoms with E-state index >= 15 is 0 Å². The Kier molecular flexibility index (Phi) is 6.27. The van der Waals surface area contributed by atoms with Crippen LogP contribution in [-0.4, -0.2) is 6.54 Å². The second-order valence-electron chi connectivity index (χ2n) is 4.15. The lowest BCUT2D eigenvalue weighted by Crippen LogP contribution is -2.03. The average Bonchev–Trinajstić information content (AvgIpc) is 2.30. The van der Waals surface area contributed by atoms with Gasteiger partial charge in [0.2, 0.25) is 0 Å². The van der Waals surface area contributed by atoms with Gasteiger partial charge in [-0.2, -0.15) is 0 Å². The van der Waals surface area contributed by atoms with E-state index in [-0.39, 0.29) is 5.82 Å². The molecule has 1 nitrogen and oxygen atoms in total. The third-order valence-corrected chi connectivity index (χ3v) is 3.28. The quantitative estimate of drug-likeness (QED) is 0.548. The molecule has 0 aliphatic rings. The van der Waals surface area contributed by atoms with Gasteiger partial charge in [-0.1, -0.05) is 12.5 Å². The molecule has 1 aromatic carbocycles. The van der Waals surface area contributed by atoms with E-state index in [0.717, 1.165) is 30.6 Å².